The molecule has 0 atom stereocenters. The van der Waals surface area contributed by atoms with Crippen LogP contribution in [0.4, 0.5) is 17.2 Å². The molecule has 0 amide bonds. The molecule has 0 bridgehead atoms. The maximum atomic E-state index is 7.42. The minimum atomic E-state index is 0.228. The molecule has 0 fully saturated rings. The third-order valence-electron chi connectivity index (χ3n) is 4.27. The fourth-order valence-electron chi connectivity index (χ4n) is 2.95. The number of nitrogens with one attached hydrogen (secondary N) is 1. The highest BCUT2D eigenvalue weighted by atomic mass is 15.5. The first-order chi connectivity index (χ1) is 14.7. The van der Waals surface area contributed by atoms with Crippen LogP contribution in [0.3, 0.4) is 0 Å². The monoisotopic (exact) mass is 395 g/mol. The number of nitrogens with zero attached hydrogens (tertiary/aromatic N) is 10. The van der Waals surface area contributed by atoms with Gasteiger partial charge in [-0.3, -0.25) is 0 Å². The quantitative estimate of drug-likeness (QED) is 0.365. The van der Waals surface area contributed by atoms with Gasteiger partial charge in [0.25, 0.3) is 11.6 Å². The number of aromatic nitrogens is 8. The van der Waals surface area contributed by atoms with Gasteiger partial charge in [-0.05, 0) is 13.0 Å². The summed E-state index contributed by atoms with van der Waals surface area (Å²) in [5.41, 5.74) is 2.82. The van der Waals surface area contributed by atoms with Gasteiger partial charge in [0.15, 0.2) is 17.2 Å². The highest BCUT2D eigenvalue weighted by Gasteiger charge is 2.19. The van der Waals surface area contributed by atoms with Crippen molar-refractivity contribution in [3.63, 3.8) is 0 Å². The van der Waals surface area contributed by atoms with Gasteiger partial charge in [0, 0.05) is 18.0 Å². The lowest BCUT2D eigenvalue weighted by Crippen LogP contribution is -2.00. The molecule has 5 rings (SSSR count). The van der Waals surface area contributed by atoms with Gasteiger partial charge in [0.1, 0.15) is 11.5 Å². The van der Waals surface area contributed by atoms with Crippen molar-refractivity contribution in [2.75, 3.05) is 0 Å². The second-order valence-corrected chi connectivity index (χ2v) is 6.24. The smallest absolute Gasteiger partial charge is 0.252 e. The highest BCUT2D eigenvalue weighted by molar-refractivity contribution is 5.82. The Morgan fingerprint density at radius 2 is 1.83 bits per heavy atom. The topological polar surface area (TPSA) is 119 Å². The predicted molar refractivity (Wildman–Crippen MR) is 107 cm³/mol. The number of hydrogen-bond donors (Lipinski definition) is 1. The molecule has 4 aromatic heterocycles. The summed E-state index contributed by atoms with van der Waals surface area (Å²) in [5, 5.41) is 21.8. The standard InChI is InChI=1S/C19H13N11/c1-12-24-18-16(15(28-30(18)27-12)13-7-4-3-5-8-13)25-26-17-14(20-2)11-23-29(17)19-21-9-6-10-22-19/h3-11H,1H3,(H,24,27)/b26-25+. The summed E-state index contributed by atoms with van der Waals surface area (Å²) in [7, 11) is 0. The predicted octanol–water partition coefficient (Wildman–Crippen LogP) is 3.97. The van der Waals surface area contributed by atoms with Crippen LogP contribution in [0.15, 0.2) is 65.2 Å². The summed E-state index contributed by atoms with van der Waals surface area (Å²) in [4.78, 5) is 15.0. The molecule has 0 unspecified atom stereocenters. The van der Waals surface area contributed by atoms with Crippen molar-refractivity contribution in [3.05, 3.63) is 72.2 Å². The van der Waals surface area contributed by atoms with Crippen LogP contribution in [-0.4, -0.2) is 39.6 Å². The van der Waals surface area contributed by atoms with Crippen molar-refractivity contribution >= 4 is 22.8 Å². The van der Waals surface area contributed by atoms with Gasteiger partial charge in [0.05, 0.1) is 12.8 Å². The molecule has 4 heterocycles. The zero-order chi connectivity index (χ0) is 20.5. The highest BCUT2D eigenvalue weighted by Crippen LogP contribution is 2.36. The minimum absolute atomic E-state index is 0.228. The van der Waals surface area contributed by atoms with Crippen LogP contribution < -0.4 is 0 Å². The van der Waals surface area contributed by atoms with Crippen molar-refractivity contribution in [3.8, 4) is 17.2 Å². The van der Waals surface area contributed by atoms with Crippen molar-refractivity contribution in [2.24, 2.45) is 10.2 Å². The second kappa shape index (κ2) is 7.02. The third kappa shape index (κ3) is 2.89. The fourth-order valence-corrected chi connectivity index (χ4v) is 2.95. The molecule has 0 radical (unpaired) electrons. The van der Waals surface area contributed by atoms with E-state index in [1.54, 1.807) is 18.5 Å². The first kappa shape index (κ1) is 17.4. The molecule has 0 saturated heterocycles. The van der Waals surface area contributed by atoms with Crippen molar-refractivity contribution in [1.29, 1.82) is 0 Å². The van der Waals surface area contributed by atoms with Gasteiger partial charge in [-0.1, -0.05) is 30.3 Å². The van der Waals surface area contributed by atoms with E-state index < -0.39 is 0 Å². The molecule has 0 aliphatic rings. The van der Waals surface area contributed by atoms with E-state index in [9.17, 15) is 0 Å². The summed E-state index contributed by atoms with van der Waals surface area (Å²) in [5.74, 6) is 1.21. The van der Waals surface area contributed by atoms with Crippen LogP contribution >= 0.6 is 0 Å². The lowest BCUT2D eigenvalue weighted by Gasteiger charge is -2.01. The van der Waals surface area contributed by atoms with E-state index in [4.69, 9.17) is 6.57 Å². The first-order valence-corrected chi connectivity index (χ1v) is 8.90. The zero-order valence-corrected chi connectivity index (χ0v) is 15.7. The molecule has 144 valence electrons. The summed E-state index contributed by atoms with van der Waals surface area (Å²) >= 11 is 0. The SMILES string of the molecule is [C-]#[N+]c1cnn(-c2ncccn2)c1/N=N/c1c(-c2ccccc2)nn2nc(C)[nH]c12. The second-order valence-electron chi connectivity index (χ2n) is 6.24. The lowest BCUT2D eigenvalue weighted by molar-refractivity contribution is 0.803. The molecule has 1 aromatic carbocycles. The fraction of sp³-hybridized carbons (Fsp3) is 0.0526. The van der Waals surface area contributed by atoms with Gasteiger partial charge in [0.2, 0.25) is 0 Å². The van der Waals surface area contributed by atoms with E-state index in [1.165, 1.54) is 15.5 Å². The molecule has 30 heavy (non-hydrogen) atoms. The van der Waals surface area contributed by atoms with Gasteiger partial charge in [-0.15, -0.1) is 25.1 Å². The molecule has 5 aromatic rings. The summed E-state index contributed by atoms with van der Waals surface area (Å²) in [6.07, 6.45) is 4.58. The molecule has 11 nitrogen and oxygen atoms in total. The largest absolute Gasteiger partial charge is 0.324 e. The Hall–Kier alpha value is -4.72. The Balaban J connectivity index is 1.67. The van der Waals surface area contributed by atoms with Gasteiger partial charge < -0.3 is 4.98 Å². The maximum Gasteiger partial charge on any atom is 0.252 e. The van der Waals surface area contributed by atoms with Crippen LogP contribution in [-0.2, 0) is 0 Å². The number of H-pyrrole nitrogens is 1. The maximum absolute atomic E-state index is 7.42. The number of fused-ring (bicyclic) bond motifs is 1. The Kier molecular flexibility index (Phi) is 4.07. The average molecular weight is 395 g/mol. The van der Waals surface area contributed by atoms with Gasteiger partial charge >= 0.3 is 0 Å². The normalized spacial score (nSPS) is 11.3. The Labute approximate surface area is 169 Å². The van der Waals surface area contributed by atoms with E-state index in [1.807, 2.05) is 37.3 Å². The molecule has 11 heteroatoms. The van der Waals surface area contributed by atoms with Crippen molar-refractivity contribution in [2.45, 2.75) is 6.92 Å². The molecular formula is C19H13N11. The molecule has 0 aliphatic carbocycles. The number of aromatic amines is 1. The Bertz CT molecular complexity index is 1400. The van der Waals surface area contributed by atoms with E-state index in [-0.39, 0.29) is 11.5 Å². The molecule has 1 N–H and O–H groups in total. The lowest BCUT2D eigenvalue weighted by atomic mass is 10.1. The van der Waals surface area contributed by atoms with Crippen LogP contribution in [0.2, 0.25) is 0 Å². The van der Waals surface area contributed by atoms with Crippen LogP contribution in [0.5, 0.6) is 0 Å². The summed E-state index contributed by atoms with van der Waals surface area (Å²) in [6, 6.07) is 11.3. The first-order valence-electron chi connectivity index (χ1n) is 8.90. The van der Waals surface area contributed by atoms with Crippen LogP contribution in [0.1, 0.15) is 5.82 Å². The number of aryl methyl sites for hydroxylation is 1. The van der Waals surface area contributed by atoms with E-state index in [2.05, 4.69) is 45.3 Å². The van der Waals surface area contributed by atoms with Crippen LogP contribution in [0, 0.1) is 13.5 Å². The Morgan fingerprint density at radius 1 is 1.03 bits per heavy atom. The molecule has 0 saturated carbocycles. The number of hydrogen-bond acceptors (Lipinski definition) is 7. The third-order valence-corrected chi connectivity index (χ3v) is 4.27. The molecular weight excluding hydrogens is 382 g/mol. The van der Waals surface area contributed by atoms with E-state index in [0.717, 1.165) is 5.56 Å². The zero-order valence-electron chi connectivity index (χ0n) is 15.7. The number of rotatable bonds is 4. The minimum Gasteiger partial charge on any atom is -0.324 e. The van der Waals surface area contributed by atoms with E-state index >= 15 is 0 Å². The van der Waals surface area contributed by atoms with Crippen LogP contribution in [0.25, 0.3) is 27.7 Å². The number of azo groups is 1. The molecule has 0 spiro atoms. The van der Waals surface area contributed by atoms with Crippen molar-refractivity contribution in [1.82, 2.24) is 39.6 Å². The van der Waals surface area contributed by atoms with E-state index in [0.29, 0.717) is 28.8 Å². The van der Waals surface area contributed by atoms with Gasteiger partial charge in [-0.25, -0.2) is 14.8 Å². The summed E-state index contributed by atoms with van der Waals surface area (Å²) < 4.78 is 2.86. The van der Waals surface area contributed by atoms with Gasteiger partial charge in [-0.2, -0.15) is 9.78 Å². The molecule has 0 aliphatic heterocycles. The number of benzene rings is 1. The van der Waals surface area contributed by atoms with Crippen molar-refractivity contribution < 1.29 is 0 Å². The average Bonchev–Trinajstić information content (AvgIpc) is 3.45. The summed E-state index contributed by atoms with van der Waals surface area (Å²) in [6.45, 7) is 9.25. The Morgan fingerprint density at radius 3 is 2.60 bits per heavy atom.